The molecule has 0 amide bonds. The summed E-state index contributed by atoms with van der Waals surface area (Å²) < 4.78 is 3.96. The van der Waals surface area contributed by atoms with Crippen LogP contribution in [-0.4, -0.2) is 14.3 Å². The Labute approximate surface area is 105 Å². The average molecular weight is 248 g/mol. The monoisotopic (exact) mass is 248 g/mol. The van der Waals surface area contributed by atoms with E-state index in [1.807, 2.05) is 12.3 Å². The lowest BCUT2D eigenvalue weighted by Crippen LogP contribution is -1.95. The first-order chi connectivity index (χ1) is 8.15. The van der Waals surface area contributed by atoms with Gasteiger partial charge in [-0.1, -0.05) is 13.8 Å². The molecule has 0 saturated heterocycles. The molecule has 0 atom stereocenters. The molecule has 2 aromatic rings. The molecule has 0 unspecified atom stereocenters. The van der Waals surface area contributed by atoms with E-state index >= 15 is 0 Å². The van der Waals surface area contributed by atoms with Crippen LogP contribution < -0.4 is 5.73 Å². The summed E-state index contributed by atoms with van der Waals surface area (Å²) in [5.41, 5.74) is 7.60. The minimum Gasteiger partial charge on any atom is -0.367 e. The third-order valence-electron chi connectivity index (χ3n) is 2.49. The highest BCUT2D eigenvalue weighted by molar-refractivity contribution is 7.09. The molecule has 0 saturated carbocycles. The zero-order valence-electron chi connectivity index (χ0n) is 10.1. The largest absolute Gasteiger partial charge is 0.367 e. The van der Waals surface area contributed by atoms with Crippen molar-refractivity contribution in [3.05, 3.63) is 24.0 Å². The first kappa shape index (κ1) is 12.0. The van der Waals surface area contributed by atoms with Crippen molar-refractivity contribution >= 4 is 17.5 Å². The predicted molar refractivity (Wildman–Crippen MR) is 70.7 cm³/mol. The van der Waals surface area contributed by atoms with E-state index < -0.39 is 0 Å². The molecule has 4 nitrogen and oxygen atoms in total. The lowest BCUT2D eigenvalue weighted by Gasteiger charge is -2.04. The number of nitrogens with two attached hydrogens (primary N) is 1. The summed E-state index contributed by atoms with van der Waals surface area (Å²) >= 11 is 1.30. The highest BCUT2D eigenvalue weighted by Crippen LogP contribution is 2.21. The lowest BCUT2D eigenvalue weighted by molar-refractivity contribution is 0.581. The number of aryl methyl sites for hydroxylation is 1. The highest BCUT2D eigenvalue weighted by atomic mass is 32.1. The third-order valence-corrected chi connectivity index (χ3v) is 3.27. The van der Waals surface area contributed by atoms with Crippen molar-refractivity contribution in [2.75, 3.05) is 5.73 Å². The van der Waals surface area contributed by atoms with Gasteiger partial charge in [0.05, 0.1) is 0 Å². The van der Waals surface area contributed by atoms with E-state index in [1.165, 1.54) is 11.5 Å². The van der Waals surface area contributed by atoms with E-state index in [0.717, 1.165) is 29.1 Å². The molecule has 0 fully saturated rings. The van der Waals surface area contributed by atoms with Crippen molar-refractivity contribution in [3.8, 4) is 10.6 Å². The van der Waals surface area contributed by atoms with Crippen molar-refractivity contribution in [3.63, 3.8) is 0 Å². The summed E-state index contributed by atoms with van der Waals surface area (Å²) in [5, 5.41) is 0.824. The molecule has 0 aliphatic rings. The molecule has 2 heterocycles. The molecule has 0 aromatic carbocycles. The fourth-order valence-corrected chi connectivity index (χ4v) is 2.07. The van der Waals surface area contributed by atoms with Gasteiger partial charge in [-0.05, 0) is 42.4 Å². The van der Waals surface area contributed by atoms with Crippen LogP contribution in [0.25, 0.3) is 10.6 Å². The average Bonchev–Trinajstić information content (AvgIpc) is 2.74. The molecule has 0 bridgehead atoms. The molecule has 2 aromatic heterocycles. The van der Waals surface area contributed by atoms with Gasteiger partial charge in [-0.3, -0.25) is 4.98 Å². The SMILES string of the molecule is CC(C)CCc1ccc(-c2nc(N)ns2)cn1. The number of aromatic nitrogens is 3. The molecule has 2 rings (SSSR count). The molecule has 2 N–H and O–H groups in total. The Morgan fingerprint density at radius 3 is 2.71 bits per heavy atom. The molecule has 0 spiro atoms. The molecular weight excluding hydrogens is 232 g/mol. The van der Waals surface area contributed by atoms with Gasteiger partial charge in [-0.15, -0.1) is 0 Å². The van der Waals surface area contributed by atoms with Crippen LogP contribution in [0.1, 0.15) is 26.0 Å². The number of nitrogens with zero attached hydrogens (tertiary/aromatic N) is 3. The Hall–Kier alpha value is -1.49. The number of rotatable bonds is 4. The summed E-state index contributed by atoms with van der Waals surface area (Å²) in [4.78, 5) is 8.56. The van der Waals surface area contributed by atoms with Gasteiger partial charge in [0.2, 0.25) is 5.95 Å². The summed E-state index contributed by atoms with van der Waals surface area (Å²) in [7, 11) is 0. The zero-order chi connectivity index (χ0) is 12.3. The summed E-state index contributed by atoms with van der Waals surface area (Å²) in [6, 6.07) is 4.08. The van der Waals surface area contributed by atoms with Crippen LogP contribution in [-0.2, 0) is 6.42 Å². The number of hydrogen-bond acceptors (Lipinski definition) is 5. The second kappa shape index (κ2) is 5.23. The molecular formula is C12H16N4S. The Morgan fingerprint density at radius 2 is 2.18 bits per heavy atom. The van der Waals surface area contributed by atoms with Crippen molar-refractivity contribution in [1.82, 2.24) is 14.3 Å². The van der Waals surface area contributed by atoms with Gasteiger partial charge in [-0.2, -0.15) is 9.36 Å². The van der Waals surface area contributed by atoms with Gasteiger partial charge in [0.25, 0.3) is 0 Å². The number of nitrogen functional groups attached to an aromatic ring is 1. The maximum Gasteiger partial charge on any atom is 0.232 e. The van der Waals surface area contributed by atoms with Crippen molar-refractivity contribution < 1.29 is 0 Å². The van der Waals surface area contributed by atoms with Crippen LogP contribution in [0.2, 0.25) is 0 Å². The smallest absolute Gasteiger partial charge is 0.232 e. The van der Waals surface area contributed by atoms with Crippen LogP contribution in [0, 0.1) is 5.92 Å². The summed E-state index contributed by atoms with van der Waals surface area (Å²) in [6.07, 6.45) is 4.03. The van der Waals surface area contributed by atoms with Crippen molar-refractivity contribution in [2.24, 2.45) is 5.92 Å². The van der Waals surface area contributed by atoms with Gasteiger partial charge >= 0.3 is 0 Å². The maximum absolute atomic E-state index is 5.49. The van der Waals surface area contributed by atoms with Gasteiger partial charge in [0.15, 0.2) is 0 Å². The topological polar surface area (TPSA) is 64.7 Å². The molecule has 17 heavy (non-hydrogen) atoms. The molecule has 0 aliphatic carbocycles. The van der Waals surface area contributed by atoms with Crippen LogP contribution in [0.15, 0.2) is 18.3 Å². The highest BCUT2D eigenvalue weighted by Gasteiger charge is 2.05. The third kappa shape index (κ3) is 3.23. The lowest BCUT2D eigenvalue weighted by atomic mass is 10.1. The molecule has 0 radical (unpaired) electrons. The van der Waals surface area contributed by atoms with E-state index in [2.05, 4.69) is 34.3 Å². The van der Waals surface area contributed by atoms with E-state index in [1.54, 1.807) is 0 Å². The Balaban J connectivity index is 2.07. The molecule has 0 aliphatic heterocycles. The van der Waals surface area contributed by atoms with Crippen molar-refractivity contribution in [2.45, 2.75) is 26.7 Å². The van der Waals surface area contributed by atoms with E-state index in [-0.39, 0.29) is 0 Å². The van der Waals surface area contributed by atoms with Gasteiger partial charge in [0.1, 0.15) is 5.01 Å². The Kier molecular flexibility index (Phi) is 3.68. The summed E-state index contributed by atoms with van der Waals surface area (Å²) in [6.45, 7) is 4.44. The van der Waals surface area contributed by atoms with Gasteiger partial charge in [0, 0.05) is 17.5 Å². The van der Waals surface area contributed by atoms with E-state index in [9.17, 15) is 0 Å². The van der Waals surface area contributed by atoms with Gasteiger partial charge in [-0.25, -0.2) is 0 Å². The van der Waals surface area contributed by atoms with E-state index in [4.69, 9.17) is 5.73 Å². The van der Waals surface area contributed by atoms with Crippen LogP contribution in [0.5, 0.6) is 0 Å². The summed E-state index contributed by atoms with van der Waals surface area (Å²) in [5.74, 6) is 1.04. The minimum atomic E-state index is 0.328. The molecule has 90 valence electrons. The quantitative estimate of drug-likeness (QED) is 0.903. The van der Waals surface area contributed by atoms with Crippen LogP contribution >= 0.6 is 11.5 Å². The number of anilines is 1. The first-order valence-electron chi connectivity index (χ1n) is 5.69. The van der Waals surface area contributed by atoms with E-state index in [0.29, 0.717) is 11.9 Å². The second-order valence-electron chi connectivity index (χ2n) is 4.43. The Bertz CT molecular complexity index is 476. The van der Waals surface area contributed by atoms with Crippen molar-refractivity contribution in [1.29, 1.82) is 0 Å². The molecule has 5 heteroatoms. The second-order valence-corrected chi connectivity index (χ2v) is 5.18. The fourth-order valence-electron chi connectivity index (χ4n) is 1.49. The maximum atomic E-state index is 5.49. The fraction of sp³-hybridized carbons (Fsp3) is 0.417. The Morgan fingerprint density at radius 1 is 1.35 bits per heavy atom. The van der Waals surface area contributed by atoms with Crippen LogP contribution in [0.4, 0.5) is 5.95 Å². The predicted octanol–water partition coefficient (Wildman–Crippen LogP) is 2.77. The van der Waals surface area contributed by atoms with Crippen LogP contribution in [0.3, 0.4) is 0 Å². The number of hydrogen-bond donors (Lipinski definition) is 1. The van der Waals surface area contributed by atoms with Gasteiger partial charge < -0.3 is 5.73 Å². The standard InChI is InChI=1S/C12H16N4S/c1-8(2)3-5-10-6-4-9(7-14-10)11-15-12(13)16-17-11/h4,6-8H,3,5H2,1-2H3,(H2,13,16). The number of pyridine rings is 1. The first-order valence-corrected chi connectivity index (χ1v) is 6.47. The zero-order valence-corrected chi connectivity index (χ0v) is 10.9. The normalized spacial score (nSPS) is 11.0. The minimum absolute atomic E-state index is 0.328.